The Balaban J connectivity index is 1.68. The smallest absolute Gasteiger partial charge is 0.296 e. The number of phenols is 1. The predicted molar refractivity (Wildman–Crippen MR) is 119 cm³/mol. The van der Waals surface area contributed by atoms with Gasteiger partial charge >= 0.3 is 0 Å². The standard InChI is InChI=1S/C26H19NO5/c28-20-8-3-7-18(14-20)23-22(25(30)26(31)27(23)15-21-9-4-12-32-21)24(29)19-11-10-16-5-1-2-6-17(16)13-19/h1-14,23,28-29H,15H2/b24-22-. The number of aliphatic hydroxyl groups is 1. The number of benzene rings is 3. The SMILES string of the molecule is O=C1C(=O)N(Cc2ccco2)C(c2cccc(O)c2)/C1=C(/O)c1ccc2ccccc2c1. The van der Waals surface area contributed by atoms with Gasteiger partial charge in [0.1, 0.15) is 17.3 Å². The fraction of sp³-hybridized carbons (Fsp3) is 0.0769. The Morgan fingerprint density at radius 2 is 1.72 bits per heavy atom. The monoisotopic (exact) mass is 425 g/mol. The molecule has 1 aromatic heterocycles. The number of carbonyl (C=O) groups excluding carboxylic acids is 2. The van der Waals surface area contributed by atoms with E-state index in [0.717, 1.165) is 10.8 Å². The van der Waals surface area contributed by atoms with Crippen LogP contribution in [0.1, 0.15) is 22.9 Å². The molecule has 1 aliphatic heterocycles. The summed E-state index contributed by atoms with van der Waals surface area (Å²) in [7, 11) is 0. The van der Waals surface area contributed by atoms with Gasteiger partial charge in [-0.25, -0.2) is 0 Å². The molecule has 6 nitrogen and oxygen atoms in total. The fourth-order valence-corrected chi connectivity index (χ4v) is 4.15. The highest BCUT2D eigenvalue weighted by molar-refractivity contribution is 6.46. The van der Waals surface area contributed by atoms with Gasteiger partial charge in [0.05, 0.1) is 24.4 Å². The summed E-state index contributed by atoms with van der Waals surface area (Å²) in [6.07, 6.45) is 1.49. The van der Waals surface area contributed by atoms with Crippen molar-refractivity contribution in [2.75, 3.05) is 0 Å². The molecule has 1 saturated heterocycles. The molecule has 1 atom stereocenters. The van der Waals surface area contributed by atoms with E-state index in [1.165, 1.54) is 23.3 Å². The van der Waals surface area contributed by atoms with Gasteiger partial charge in [0, 0.05) is 5.56 Å². The first kappa shape index (κ1) is 19.6. The van der Waals surface area contributed by atoms with Gasteiger partial charge in [-0.2, -0.15) is 0 Å². The Bertz CT molecular complexity index is 1370. The first-order chi connectivity index (χ1) is 15.5. The van der Waals surface area contributed by atoms with E-state index in [-0.39, 0.29) is 23.6 Å². The number of hydrogen-bond acceptors (Lipinski definition) is 5. The van der Waals surface area contributed by atoms with E-state index >= 15 is 0 Å². The van der Waals surface area contributed by atoms with E-state index in [1.807, 2.05) is 30.3 Å². The zero-order valence-corrected chi connectivity index (χ0v) is 16.9. The van der Waals surface area contributed by atoms with Crippen molar-refractivity contribution in [2.45, 2.75) is 12.6 Å². The number of Topliss-reactive ketones (excluding diaryl/α,β-unsaturated/α-hetero) is 1. The normalized spacial score (nSPS) is 17.9. The number of aliphatic hydroxyl groups excluding tert-OH is 1. The molecule has 158 valence electrons. The van der Waals surface area contributed by atoms with Crippen molar-refractivity contribution in [1.29, 1.82) is 0 Å². The molecule has 4 aromatic rings. The minimum absolute atomic E-state index is 0.00297. The minimum atomic E-state index is -0.876. The zero-order chi connectivity index (χ0) is 22.2. The molecule has 2 N–H and O–H groups in total. The van der Waals surface area contributed by atoms with Crippen molar-refractivity contribution >= 4 is 28.2 Å². The maximum atomic E-state index is 13.1. The molecule has 2 heterocycles. The van der Waals surface area contributed by atoms with Crippen molar-refractivity contribution < 1.29 is 24.2 Å². The molecule has 32 heavy (non-hydrogen) atoms. The lowest BCUT2D eigenvalue weighted by Gasteiger charge is -2.24. The second-order valence-corrected chi connectivity index (χ2v) is 7.66. The lowest BCUT2D eigenvalue weighted by molar-refractivity contribution is -0.140. The van der Waals surface area contributed by atoms with Crippen LogP contribution in [-0.2, 0) is 16.1 Å². The molecule has 6 heteroatoms. The molecule has 0 saturated carbocycles. The van der Waals surface area contributed by atoms with Crippen LogP contribution >= 0.6 is 0 Å². The van der Waals surface area contributed by atoms with Crippen molar-refractivity contribution in [3.63, 3.8) is 0 Å². The number of likely N-dealkylation sites (tertiary alicyclic amines) is 1. The van der Waals surface area contributed by atoms with Crippen LogP contribution in [0.15, 0.2) is 95.1 Å². The molecule has 0 radical (unpaired) electrons. The van der Waals surface area contributed by atoms with E-state index < -0.39 is 17.7 Å². The van der Waals surface area contributed by atoms with Gasteiger partial charge in [0.25, 0.3) is 11.7 Å². The second kappa shape index (κ2) is 7.74. The van der Waals surface area contributed by atoms with E-state index in [4.69, 9.17) is 4.42 Å². The van der Waals surface area contributed by atoms with Gasteiger partial charge in [-0.3, -0.25) is 9.59 Å². The minimum Gasteiger partial charge on any atom is -0.508 e. The quantitative estimate of drug-likeness (QED) is 0.279. The molecular weight excluding hydrogens is 406 g/mol. The van der Waals surface area contributed by atoms with Crippen LogP contribution in [0.5, 0.6) is 5.75 Å². The first-order valence-corrected chi connectivity index (χ1v) is 10.1. The molecule has 1 unspecified atom stereocenters. The predicted octanol–water partition coefficient (Wildman–Crippen LogP) is 4.76. The summed E-state index contributed by atoms with van der Waals surface area (Å²) < 4.78 is 5.38. The van der Waals surface area contributed by atoms with E-state index in [0.29, 0.717) is 16.9 Å². The van der Waals surface area contributed by atoms with E-state index in [9.17, 15) is 19.8 Å². The third-order valence-corrected chi connectivity index (χ3v) is 5.66. The number of ketones is 1. The maximum absolute atomic E-state index is 13.1. The number of amides is 1. The van der Waals surface area contributed by atoms with E-state index in [1.54, 1.807) is 36.4 Å². The van der Waals surface area contributed by atoms with Gasteiger partial charge in [-0.15, -0.1) is 0 Å². The third kappa shape index (κ3) is 3.32. The van der Waals surface area contributed by atoms with Crippen LogP contribution in [0.2, 0.25) is 0 Å². The number of fused-ring (bicyclic) bond motifs is 1. The van der Waals surface area contributed by atoms with Crippen LogP contribution in [0.3, 0.4) is 0 Å². The number of aromatic hydroxyl groups is 1. The van der Waals surface area contributed by atoms with Crippen molar-refractivity contribution in [2.24, 2.45) is 0 Å². The number of carbonyl (C=O) groups is 2. The summed E-state index contributed by atoms with van der Waals surface area (Å²) in [6, 6.07) is 21.9. The Labute approximate surface area is 183 Å². The van der Waals surface area contributed by atoms with Crippen molar-refractivity contribution in [3.05, 3.63) is 108 Å². The highest BCUT2D eigenvalue weighted by atomic mass is 16.3. The number of phenolic OH excluding ortho intramolecular Hbond substituents is 1. The van der Waals surface area contributed by atoms with Crippen LogP contribution < -0.4 is 0 Å². The van der Waals surface area contributed by atoms with Crippen LogP contribution in [0.25, 0.3) is 16.5 Å². The zero-order valence-electron chi connectivity index (χ0n) is 16.9. The molecule has 0 spiro atoms. The highest BCUT2D eigenvalue weighted by Crippen LogP contribution is 2.41. The third-order valence-electron chi connectivity index (χ3n) is 5.66. The van der Waals surface area contributed by atoms with Gasteiger partial charge in [-0.05, 0) is 46.7 Å². The Morgan fingerprint density at radius 3 is 2.47 bits per heavy atom. The molecule has 3 aromatic carbocycles. The first-order valence-electron chi connectivity index (χ1n) is 10.1. The lowest BCUT2D eigenvalue weighted by atomic mass is 9.94. The largest absolute Gasteiger partial charge is 0.508 e. The van der Waals surface area contributed by atoms with Gasteiger partial charge < -0.3 is 19.5 Å². The van der Waals surface area contributed by atoms with Gasteiger partial charge in [-0.1, -0.05) is 48.5 Å². The number of hydrogen-bond donors (Lipinski definition) is 2. The van der Waals surface area contributed by atoms with Gasteiger partial charge in [0.15, 0.2) is 0 Å². The number of furan rings is 1. The summed E-state index contributed by atoms with van der Waals surface area (Å²) >= 11 is 0. The molecular formula is C26H19NO5. The summed E-state index contributed by atoms with van der Waals surface area (Å²) in [4.78, 5) is 27.4. The van der Waals surface area contributed by atoms with Gasteiger partial charge in [0.2, 0.25) is 0 Å². The molecule has 1 amide bonds. The maximum Gasteiger partial charge on any atom is 0.296 e. The molecule has 0 aliphatic carbocycles. The van der Waals surface area contributed by atoms with Crippen LogP contribution in [-0.4, -0.2) is 26.8 Å². The van der Waals surface area contributed by atoms with Crippen LogP contribution in [0.4, 0.5) is 0 Å². The molecule has 0 bridgehead atoms. The summed E-state index contributed by atoms with van der Waals surface area (Å²) in [5, 5.41) is 23.1. The highest BCUT2D eigenvalue weighted by Gasteiger charge is 2.46. The van der Waals surface area contributed by atoms with Crippen LogP contribution in [0, 0.1) is 0 Å². The topological polar surface area (TPSA) is 91.0 Å². The summed E-state index contributed by atoms with van der Waals surface area (Å²) in [5.74, 6) is -1.28. The average molecular weight is 425 g/mol. The Hall–Kier alpha value is -4.32. The molecule has 5 rings (SSSR count). The lowest BCUT2D eigenvalue weighted by Crippen LogP contribution is -2.29. The number of nitrogens with zero attached hydrogens (tertiary/aromatic N) is 1. The number of rotatable bonds is 4. The van der Waals surface area contributed by atoms with Crippen molar-refractivity contribution in [1.82, 2.24) is 4.90 Å². The fourth-order valence-electron chi connectivity index (χ4n) is 4.15. The molecule has 1 aliphatic rings. The Kier molecular flexibility index (Phi) is 4.75. The van der Waals surface area contributed by atoms with E-state index in [2.05, 4.69) is 0 Å². The van der Waals surface area contributed by atoms with Crippen molar-refractivity contribution in [3.8, 4) is 5.75 Å². The second-order valence-electron chi connectivity index (χ2n) is 7.66. The average Bonchev–Trinajstić information content (AvgIpc) is 3.41. The Morgan fingerprint density at radius 1 is 0.906 bits per heavy atom. The summed E-state index contributed by atoms with van der Waals surface area (Å²) in [6.45, 7) is 0.0480. The molecule has 1 fully saturated rings. The summed E-state index contributed by atoms with van der Waals surface area (Å²) in [5.41, 5.74) is 0.922.